The Morgan fingerprint density at radius 1 is 1.45 bits per heavy atom. The van der Waals surface area contributed by atoms with Gasteiger partial charge in [0.1, 0.15) is 5.75 Å². The number of alkyl halides is 2. The summed E-state index contributed by atoms with van der Waals surface area (Å²) in [5.74, 6) is 0.0897. The lowest BCUT2D eigenvalue weighted by atomic mass is 10.5. The van der Waals surface area contributed by atoms with E-state index in [4.69, 9.17) is 0 Å². The van der Waals surface area contributed by atoms with Crippen molar-refractivity contribution in [1.82, 2.24) is 4.98 Å². The number of nitrogens with zero attached hydrogens (tertiary/aromatic N) is 1. The van der Waals surface area contributed by atoms with Crippen LogP contribution in [0.15, 0.2) is 18.5 Å². The van der Waals surface area contributed by atoms with Crippen LogP contribution in [0.3, 0.4) is 0 Å². The summed E-state index contributed by atoms with van der Waals surface area (Å²) in [6.07, 6.45) is 2.80. The molecule has 0 saturated heterocycles. The number of hydrogen-bond donors (Lipinski definition) is 0. The summed E-state index contributed by atoms with van der Waals surface area (Å²) in [6, 6.07) is 1.49. The van der Waals surface area contributed by atoms with Crippen LogP contribution < -0.4 is 4.74 Å². The Bertz CT molecular complexity index is 244. The van der Waals surface area contributed by atoms with Crippen LogP contribution in [0.1, 0.15) is 0 Å². The SMILES string of the molecule is FC(F)Oc1cncc(I)c1. The lowest BCUT2D eigenvalue weighted by Gasteiger charge is -2.02. The molecule has 0 aliphatic carbocycles. The van der Waals surface area contributed by atoms with Gasteiger partial charge in [0.25, 0.3) is 0 Å². The Hall–Kier alpha value is -0.460. The normalized spacial score (nSPS) is 10.2. The Morgan fingerprint density at radius 3 is 2.73 bits per heavy atom. The maximum absolute atomic E-state index is 11.6. The topological polar surface area (TPSA) is 22.1 Å². The third kappa shape index (κ3) is 2.96. The van der Waals surface area contributed by atoms with Gasteiger partial charge < -0.3 is 4.74 Å². The second-order valence-corrected chi connectivity index (χ2v) is 2.96. The first kappa shape index (κ1) is 8.63. The highest BCUT2D eigenvalue weighted by atomic mass is 127. The first-order valence-electron chi connectivity index (χ1n) is 2.74. The molecule has 0 aromatic carbocycles. The van der Waals surface area contributed by atoms with E-state index in [-0.39, 0.29) is 5.75 Å². The smallest absolute Gasteiger partial charge is 0.387 e. The molecule has 0 amide bonds. The Kier molecular flexibility index (Phi) is 2.98. The lowest BCUT2D eigenvalue weighted by Crippen LogP contribution is -2.02. The second kappa shape index (κ2) is 3.80. The number of ether oxygens (including phenoxy) is 1. The average Bonchev–Trinajstić information content (AvgIpc) is 1.85. The minimum absolute atomic E-state index is 0.0897. The monoisotopic (exact) mass is 271 g/mol. The van der Waals surface area contributed by atoms with Crippen molar-refractivity contribution in [2.75, 3.05) is 0 Å². The van der Waals surface area contributed by atoms with Crippen LogP contribution in [0.25, 0.3) is 0 Å². The van der Waals surface area contributed by atoms with Crippen LogP contribution in [0, 0.1) is 3.57 Å². The number of halogens is 3. The van der Waals surface area contributed by atoms with Gasteiger partial charge in [-0.25, -0.2) is 0 Å². The molecular formula is C6H4F2INO. The van der Waals surface area contributed by atoms with E-state index in [1.54, 1.807) is 6.20 Å². The first-order chi connectivity index (χ1) is 5.18. The fourth-order valence-corrected chi connectivity index (χ4v) is 1.03. The molecule has 1 aromatic rings. The van der Waals surface area contributed by atoms with E-state index in [0.717, 1.165) is 3.57 Å². The Balaban J connectivity index is 2.71. The van der Waals surface area contributed by atoms with E-state index in [1.165, 1.54) is 12.3 Å². The summed E-state index contributed by atoms with van der Waals surface area (Å²) in [7, 11) is 0. The largest absolute Gasteiger partial charge is 0.433 e. The zero-order valence-corrected chi connectivity index (χ0v) is 7.46. The van der Waals surface area contributed by atoms with E-state index in [0.29, 0.717) is 0 Å². The molecule has 1 aromatic heterocycles. The predicted octanol–water partition coefficient (Wildman–Crippen LogP) is 2.29. The predicted molar refractivity (Wildman–Crippen MR) is 43.6 cm³/mol. The minimum atomic E-state index is -2.78. The third-order valence-electron chi connectivity index (χ3n) is 0.905. The fraction of sp³-hybridized carbons (Fsp3) is 0.167. The van der Waals surface area contributed by atoms with Gasteiger partial charge in [-0.05, 0) is 28.7 Å². The van der Waals surface area contributed by atoms with Gasteiger partial charge in [0.2, 0.25) is 0 Å². The molecule has 0 saturated carbocycles. The third-order valence-corrected chi connectivity index (χ3v) is 1.49. The van der Waals surface area contributed by atoms with Gasteiger partial charge in [0, 0.05) is 9.77 Å². The van der Waals surface area contributed by atoms with Crippen molar-refractivity contribution in [2.45, 2.75) is 6.61 Å². The van der Waals surface area contributed by atoms with Crippen LogP contribution in [0.5, 0.6) is 5.75 Å². The van der Waals surface area contributed by atoms with E-state index in [9.17, 15) is 8.78 Å². The highest BCUT2D eigenvalue weighted by Gasteiger charge is 2.03. The summed E-state index contributed by atoms with van der Waals surface area (Å²) < 4.78 is 28.1. The van der Waals surface area contributed by atoms with Gasteiger partial charge in [0.05, 0.1) is 6.20 Å². The molecule has 0 atom stereocenters. The maximum atomic E-state index is 11.6. The maximum Gasteiger partial charge on any atom is 0.387 e. The van der Waals surface area contributed by atoms with Gasteiger partial charge >= 0.3 is 6.61 Å². The quantitative estimate of drug-likeness (QED) is 0.770. The van der Waals surface area contributed by atoms with Gasteiger partial charge in [-0.1, -0.05) is 0 Å². The molecule has 11 heavy (non-hydrogen) atoms. The van der Waals surface area contributed by atoms with Crippen molar-refractivity contribution >= 4 is 22.6 Å². The van der Waals surface area contributed by atoms with Gasteiger partial charge in [-0.15, -0.1) is 0 Å². The first-order valence-corrected chi connectivity index (χ1v) is 3.82. The van der Waals surface area contributed by atoms with Crippen LogP contribution in [0.2, 0.25) is 0 Å². The fourth-order valence-electron chi connectivity index (χ4n) is 0.560. The van der Waals surface area contributed by atoms with Crippen molar-refractivity contribution in [3.63, 3.8) is 0 Å². The molecule has 60 valence electrons. The molecule has 2 nitrogen and oxygen atoms in total. The molecule has 0 N–H and O–H groups in total. The molecule has 1 heterocycles. The molecule has 0 aliphatic heterocycles. The molecule has 0 bridgehead atoms. The van der Waals surface area contributed by atoms with E-state index in [1.807, 2.05) is 22.6 Å². The zero-order chi connectivity index (χ0) is 8.27. The second-order valence-electron chi connectivity index (χ2n) is 1.72. The molecule has 0 spiro atoms. The minimum Gasteiger partial charge on any atom is -0.433 e. The van der Waals surface area contributed by atoms with E-state index in [2.05, 4.69) is 9.72 Å². The van der Waals surface area contributed by atoms with Crippen molar-refractivity contribution in [3.05, 3.63) is 22.0 Å². The number of pyridine rings is 1. The molecule has 5 heteroatoms. The molecule has 1 rings (SSSR count). The highest BCUT2D eigenvalue weighted by molar-refractivity contribution is 14.1. The summed E-state index contributed by atoms with van der Waals surface area (Å²) in [5, 5.41) is 0. The van der Waals surface area contributed by atoms with Crippen molar-refractivity contribution in [3.8, 4) is 5.75 Å². The number of aromatic nitrogens is 1. The zero-order valence-electron chi connectivity index (χ0n) is 5.30. The Morgan fingerprint density at radius 2 is 2.18 bits per heavy atom. The Labute approximate surface area is 75.7 Å². The van der Waals surface area contributed by atoms with Crippen molar-refractivity contribution in [2.24, 2.45) is 0 Å². The number of rotatable bonds is 2. The van der Waals surface area contributed by atoms with Crippen LogP contribution >= 0.6 is 22.6 Å². The van der Waals surface area contributed by atoms with Crippen LogP contribution in [-0.2, 0) is 0 Å². The van der Waals surface area contributed by atoms with Crippen LogP contribution in [0.4, 0.5) is 8.78 Å². The van der Waals surface area contributed by atoms with Crippen molar-refractivity contribution < 1.29 is 13.5 Å². The standard InChI is InChI=1S/C6H4F2INO/c7-6(8)11-5-1-4(9)2-10-3-5/h1-3,6H. The average molecular weight is 271 g/mol. The molecule has 0 fully saturated rings. The van der Waals surface area contributed by atoms with Crippen molar-refractivity contribution in [1.29, 1.82) is 0 Å². The summed E-state index contributed by atoms with van der Waals surface area (Å²) in [6.45, 7) is -2.78. The molecule has 0 unspecified atom stereocenters. The summed E-state index contributed by atoms with van der Waals surface area (Å²) >= 11 is 1.96. The summed E-state index contributed by atoms with van der Waals surface area (Å²) in [5.41, 5.74) is 0. The summed E-state index contributed by atoms with van der Waals surface area (Å²) in [4.78, 5) is 3.67. The molecule has 0 radical (unpaired) electrons. The lowest BCUT2D eigenvalue weighted by molar-refractivity contribution is -0.0501. The van der Waals surface area contributed by atoms with Gasteiger partial charge in [-0.3, -0.25) is 4.98 Å². The molecular weight excluding hydrogens is 267 g/mol. The van der Waals surface area contributed by atoms with Gasteiger partial charge in [0.15, 0.2) is 0 Å². The van der Waals surface area contributed by atoms with Crippen LogP contribution in [-0.4, -0.2) is 11.6 Å². The highest BCUT2D eigenvalue weighted by Crippen LogP contribution is 2.14. The van der Waals surface area contributed by atoms with E-state index >= 15 is 0 Å². The van der Waals surface area contributed by atoms with E-state index < -0.39 is 6.61 Å². The van der Waals surface area contributed by atoms with Gasteiger partial charge in [-0.2, -0.15) is 8.78 Å². The molecule has 0 aliphatic rings. The number of hydrogen-bond acceptors (Lipinski definition) is 2.